The number of hydrogen-bond acceptors (Lipinski definition) is 4. The van der Waals surface area contributed by atoms with E-state index in [0.29, 0.717) is 18.8 Å². The van der Waals surface area contributed by atoms with Gasteiger partial charge in [0.25, 0.3) is 0 Å². The molecule has 2 aromatic carbocycles. The summed E-state index contributed by atoms with van der Waals surface area (Å²) < 4.78 is 70.4. The Morgan fingerprint density at radius 1 is 1.10 bits per heavy atom. The van der Waals surface area contributed by atoms with Gasteiger partial charge in [0, 0.05) is 24.9 Å². The molecule has 2 aromatic rings. The molecular weight excluding hydrogens is 457 g/mol. The van der Waals surface area contributed by atoms with E-state index < -0.39 is 32.7 Å². The lowest BCUT2D eigenvalue weighted by molar-refractivity contribution is -0.137. The maximum absolute atomic E-state index is 12.9. The van der Waals surface area contributed by atoms with Crippen molar-refractivity contribution in [1.82, 2.24) is 4.31 Å². The van der Waals surface area contributed by atoms with Crippen molar-refractivity contribution in [3.63, 3.8) is 0 Å². The fraction of sp³-hybridized carbons (Fsp3) is 0.250. The van der Waals surface area contributed by atoms with Crippen molar-refractivity contribution in [2.24, 2.45) is 0 Å². The first-order valence-corrected chi connectivity index (χ1v) is 10.9. The Kier molecular flexibility index (Phi) is 7.05. The van der Waals surface area contributed by atoms with Crippen molar-refractivity contribution >= 4 is 39.3 Å². The number of carbonyl (C=O) groups excluding carboxylic acids is 1. The smallest absolute Gasteiger partial charge is 0.379 e. The van der Waals surface area contributed by atoms with Crippen molar-refractivity contribution in [2.45, 2.75) is 11.1 Å². The highest BCUT2D eigenvalue weighted by molar-refractivity contribution is 7.89. The topological polar surface area (TPSA) is 75.7 Å². The van der Waals surface area contributed by atoms with Crippen LogP contribution in [-0.4, -0.2) is 44.9 Å². The molecule has 1 aliphatic heterocycles. The van der Waals surface area contributed by atoms with E-state index in [0.717, 1.165) is 18.2 Å². The van der Waals surface area contributed by atoms with Gasteiger partial charge in [-0.3, -0.25) is 4.79 Å². The Labute approximate surface area is 182 Å². The average molecular weight is 475 g/mol. The van der Waals surface area contributed by atoms with Crippen molar-refractivity contribution in [2.75, 3.05) is 31.6 Å². The van der Waals surface area contributed by atoms with Crippen LogP contribution in [0, 0.1) is 0 Å². The molecule has 1 amide bonds. The standard InChI is InChI=1S/C20H18ClF3N2O4S/c21-18-7-4-15(13-17(18)20(22,23)24)25-19(27)8-3-14-1-5-16(6-2-14)31(28,29)26-9-11-30-12-10-26/h1-8,13H,9-12H2,(H,25,27)/b8-3+. The molecule has 1 saturated heterocycles. The van der Waals surface area contributed by atoms with E-state index in [2.05, 4.69) is 5.32 Å². The number of morpholine rings is 1. The largest absolute Gasteiger partial charge is 0.417 e. The van der Waals surface area contributed by atoms with Crippen molar-refractivity contribution in [3.8, 4) is 0 Å². The molecule has 0 aromatic heterocycles. The van der Waals surface area contributed by atoms with Crippen LogP contribution in [0.25, 0.3) is 6.08 Å². The van der Waals surface area contributed by atoms with Gasteiger partial charge < -0.3 is 10.1 Å². The molecule has 0 radical (unpaired) electrons. The Morgan fingerprint density at radius 3 is 2.35 bits per heavy atom. The third kappa shape index (κ3) is 5.85. The van der Waals surface area contributed by atoms with Gasteiger partial charge in [0.05, 0.1) is 28.7 Å². The predicted octanol–water partition coefficient (Wildman–Crippen LogP) is 4.03. The molecule has 0 spiro atoms. The second kappa shape index (κ2) is 9.39. The summed E-state index contributed by atoms with van der Waals surface area (Å²) in [5, 5.41) is 1.87. The average Bonchev–Trinajstić information content (AvgIpc) is 2.74. The fourth-order valence-corrected chi connectivity index (χ4v) is 4.50. The number of halogens is 4. The minimum Gasteiger partial charge on any atom is -0.379 e. The number of benzene rings is 2. The van der Waals surface area contributed by atoms with Gasteiger partial charge in [-0.15, -0.1) is 0 Å². The van der Waals surface area contributed by atoms with Crippen LogP contribution in [0.4, 0.5) is 18.9 Å². The van der Waals surface area contributed by atoms with Gasteiger partial charge >= 0.3 is 6.18 Å². The maximum atomic E-state index is 12.9. The van der Waals surface area contributed by atoms with Crippen LogP contribution in [0.5, 0.6) is 0 Å². The molecule has 1 heterocycles. The number of nitrogens with zero attached hydrogens (tertiary/aromatic N) is 1. The minimum atomic E-state index is -4.64. The van der Waals surface area contributed by atoms with E-state index in [1.807, 2.05) is 0 Å². The van der Waals surface area contributed by atoms with E-state index in [-0.39, 0.29) is 23.7 Å². The minimum absolute atomic E-state index is 0.0571. The number of alkyl halides is 3. The number of amides is 1. The highest BCUT2D eigenvalue weighted by Gasteiger charge is 2.33. The highest BCUT2D eigenvalue weighted by Crippen LogP contribution is 2.36. The van der Waals surface area contributed by atoms with Crippen molar-refractivity contribution in [3.05, 3.63) is 64.7 Å². The van der Waals surface area contributed by atoms with Crippen molar-refractivity contribution in [1.29, 1.82) is 0 Å². The summed E-state index contributed by atoms with van der Waals surface area (Å²) in [5.74, 6) is -0.652. The quantitative estimate of drug-likeness (QED) is 0.664. The van der Waals surface area contributed by atoms with Crippen LogP contribution in [0.2, 0.25) is 5.02 Å². The van der Waals surface area contributed by atoms with E-state index >= 15 is 0 Å². The summed E-state index contributed by atoms with van der Waals surface area (Å²) in [6, 6.07) is 8.97. The molecule has 3 rings (SSSR count). The monoisotopic (exact) mass is 474 g/mol. The lowest BCUT2D eigenvalue weighted by Crippen LogP contribution is -2.40. The zero-order valence-electron chi connectivity index (χ0n) is 16.0. The molecule has 6 nitrogen and oxygen atoms in total. The summed E-state index contributed by atoms with van der Waals surface area (Å²) >= 11 is 5.55. The van der Waals surface area contributed by atoms with Gasteiger partial charge in [-0.25, -0.2) is 8.42 Å². The van der Waals surface area contributed by atoms with E-state index in [1.54, 1.807) is 0 Å². The van der Waals surface area contributed by atoms with E-state index in [1.165, 1.54) is 40.7 Å². The Hall–Kier alpha value is -2.40. The van der Waals surface area contributed by atoms with Gasteiger partial charge in [-0.05, 0) is 42.0 Å². The number of carbonyl (C=O) groups is 1. The van der Waals surface area contributed by atoms with E-state index in [9.17, 15) is 26.4 Å². The lowest BCUT2D eigenvalue weighted by atomic mass is 10.2. The Balaban J connectivity index is 1.66. The van der Waals surface area contributed by atoms with Crippen LogP contribution < -0.4 is 5.32 Å². The third-order valence-corrected chi connectivity index (χ3v) is 6.70. The molecule has 31 heavy (non-hydrogen) atoms. The van der Waals surface area contributed by atoms with Gasteiger partial charge in [0.2, 0.25) is 15.9 Å². The summed E-state index contributed by atoms with van der Waals surface area (Å²) in [6.45, 7) is 1.25. The molecule has 1 aliphatic rings. The Morgan fingerprint density at radius 2 is 1.74 bits per heavy atom. The van der Waals surface area contributed by atoms with Crippen molar-refractivity contribution < 1.29 is 31.1 Å². The number of nitrogens with one attached hydrogen (secondary N) is 1. The van der Waals surface area contributed by atoms with Gasteiger partial charge in [-0.1, -0.05) is 23.7 Å². The molecular formula is C20H18ClF3N2O4S. The third-order valence-electron chi connectivity index (χ3n) is 4.45. The zero-order valence-corrected chi connectivity index (χ0v) is 17.6. The van der Waals surface area contributed by atoms with Crippen LogP contribution in [0.3, 0.4) is 0 Å². The first-order valence-electron chi connectivity index (χ1n) is 9.11. The molecule has 0 atom stereocenters. The first-order chi connectivity index (χ1) is 14.6. The second-order valence-electron chi connectivity index (χ2n) is 6.60. The Bertz CT molecular complexity index is 1080. The first kappa shape index (κ1) is 23.3. The molecule has 0 saturated carbocycles. The summed E-state index contributed by atoms with van der Waals surface area (Å²) in [4.78, 5) is 12.2. The van der Waals surface area contributed by atoms with Gasteiger partial charge in [-0.2, -0.15) is 17.5 Å². The zero-order chi connectivity index (χ0) is 22.6. The molecule has 1 N–H and O–H groups in total. The summed E-state index contributed by atoms with van der Waals surface area (Å²) in [7, 11) is -3.62. The molecule has 0 aliphatic carbocycles. The maximum Gasteiger partial charge on any atom is 0.417 e. The number of ether oxygens (including phenoxy) is 1. The number of hydrogen-bond donors (Lipinski definition) is 1. The molecule has 0 bridgehead atoms. The fourth-order valence-electron chi connectivity index (χ4n) is 2.86. The lowest BCUT2D eigenvalue weighted by Gasteiger charge is -2.26. The molecule has 11 heteroatoms. The molecule has 166 valence electrons. The van der Waals surface area contributed by atoms with Crippen LogP contribution >= 0.6 is 11.6 Å². The number of anilines is 1. The molecule has 1 fully saturated rings. The van der Waals surface area contributed by atoms with Crippen LogP contribution in [-0.2, 0) is 25.7 Å². The van der Waals surface area contributed by atoms with Crippen LogP contribution in [0.1, 0.15) is 11.1 Å². The van der Waals surface area contributed by atoms with Gasteiger partial charge in [0.1, 0.15) is 0 Å². The number of rotatable bonds is 5. The molecule has 0 unspecified atom stereocenters. The van der Waals surface area contributed by atoms with Crippen LogP contribution in [0.15, 0.2) is 53.4 Å². The van der Waals surface area contributed by atoms with Gasteiger partial charge in [0.15, 0.2) is 0 Å². The predicted molar refractivity (Wildman–Crippen MR) is 110 cm³/mol. The summed E-state index contributed by atoms with van der Waals surface area (Å²) in [5.41, 5.74) is -0.561. The van der Waals surface area contributed by atoms with E-state index in [4.69, 9.17) is 16.3 Å². The normalized spacial score (nSPS) is 15.9. The summed E-state index contributed by atoms with van der Waals surface area (Å²) in [6.07, 6.45) is -2.09. The SMILES string of the molecule is O=C(/C=C/c1ccc(S(=O)(=O)N2CCOCC2)cc1)Nc1ccc(Cl)c(C(F)(F)F)c1. The number of sulfonamides is 1. The second-order valence-corrected chi connectivity index (χ2v) is 8.95. The highest BCUT2D eigenvalue weighted by atomic mass is 35.5.